The van der Waals surface area contributed by atoms with E-state index in [9.17, 15) is 13.2 Å². The number of benzene rings is 1. The Labute approximate surface area is 118 Å². The Bertz CT molecular complexity index is 431. The van der Waals surface area contributed by atoms with Gasteiger partial charge in [0, 0.05) is 18.6 Å². The van der Waals surface area contributed by atoms with Gasteiger partial charge < -0.3 is 10.2 Å². The molecule has 2 nitrogen and oxygen atoms in total. The predicted molar refractivity (Wildman–Crippen MR) is 72.9 cm³/mol. The molecule has 1 saturated heterocycles. The smallest absolute Gasteiger partial charge is 0.194 e. The van der Waals surface area contributed by atoms with Crippen molar-refractivity contribution in [2.24, 2.45) is 0 Å². The monoisotopic (exact) mass is 286 g/mol. The second-order valence-corrected chi connectivity index (χ2v) is 5.66. The highest BCUT2D eigenvalue weighted by Crippen LogP contribution is 2.16. The van der Waals surface area contributed by atoms with Crippen molar-refractivity contribution in [2.75, 3.05) is 13.1 Å². The number of nitrogens with one attached hydrogen (secondary N) is 1. The summed E-state index contributed by atoms with van der Waals surface area (Å²) >= 11 is 0. The third-order valence-electron chi connectivity index (χ3n) is 3.90. The van der Waals surface area contributed by atoms with E-state index in [1.807, 2.05) is 0 Å². The molecule has 1 aliphatic rings. The van der Waals surface area contributed by atoms with Gasteiger partial charge in [0.15, 0.2) is 17.5 Å². The van der Waals surface area contributed by atoms with Crippen LogP contribution in [0.1, 0.15) is 32.3 Å². The van der Waals surface area contributed by atoms with Crippen LogP contribution in [0.15, 0.2) is 12.1 Å². The summed E-state index contributed by atoms with van der Waals surface area (Å²) in [4.78, 5) is 2.41. The molecule has 1 heterocycles. The van der Waals surface area contributed by atoms with Crippen molar-refractivity contribution in [3.05, 3.63) is 35.1 Å². The Morgan fingerprint density at radius 3 is 2.20 bits per heavy atom. The molecule has 1 fully saturated rings. The number of hydrogen-bond donors (Lipinski definition) is 1. The fourth-order valence-corrected chi connectivity index (χ4v) is 2.59. The Morgan fingerprint density at radius 2 is 1.70 bits per heavy atom. The fraction of sp³-hybridized carbons (Fsp3) is 0.600. The number of halogens is 3. The van der Waals surface area contributed by atoms with Crippen LogP contribution < -0.4 is 5.32 Å². The normalized spacial score (nSPS) is 17.9. The van der Waals surface area contributed by atoms with Crippen LogP contribution in [-0.4, -0.2) is 30.1 Å². The highest BCUT2D eigenvalue weighted by Gasteiger charge is 2.20. The Morgan fingerprint density at radius 1 is 1.15 bits per heavy atom. The molecule has 0 radical (unpaired) electrons. The molecule has 0 aromatic heterocycles. The predicted octanol–water partition coefficient (Wildman–Crippen LogP) is 3.07. The molecule has 1 aliphatic heterocycles. The van der Waals surface area contributed by atoms with E-state index in [2.05, 4.69) is 24.1 Å². The third kappa shape index (κ3) is 3.73. The van der Waals surface area contributed by atoms with Gasteiger partial charge in [-0.25, -0.2) is 13.2 Å². The quantitative estimate of drug-likeness (QED) is 0.856. The van der Waals surface area contributed by atoms with Crippen LogP contribution in [0, 0.1) is 17.5 Å². The van der Waals surface area contributed by atoms with Crippen LogP contribution in [0.25, 0.3) is 0 Å². The fourth-order valence-electron chi connectivity index (χ4n) is 2.59. The molecule has 1 aromatic rings. The lowest BCUT2D eigenvalue weighted by Gasteiger charge is -2.35. The zero-order valence-electron chi connectivity index (χ0n) is 11.9. The number of piperidine rings is 1. The van der Waals surface area contributed by atoms with Crippen LogP contribution in [0.4, 0.5) is 13.2 Å². The number of likely N-dealkylation sites (tertiary alicyclic amines) is 1. The standard InChI is InChI=1S/C15H21F3N2/c1-10(2)20-5-3-12(4-6-20)19-9-11-7-13(16)15(18)14(17)8-11/h7-8,10,12,19H,3-6,9H2,1-2H3. The average Bonchev–Trinajstić information content (AvgIpc) is 2.42. The first-order valence-corrected chi connectivity index (χ1v) is 7.08. The molecule has 2 rings (SSSR count). The Hall–Kier alpha value is -1.07. The minimum atomic E-state index is -1.40. The van der Waals surface area contributed by atoms with Crippen LogP contribution in [0.3, 0.4) is 0 Å². The number of rotatable bonds is 4. The summed E-state index contributed by atoms with van der Waals surface area (Å²) in [5, 5.41) is 3.29. The van der Waals surface area contributed by atoms with E-state index in [1.165, 1.54) is 0 Å². The topological polar surface area (TPSA) is 15.3 Å². The summed E-state index contributed by atoms with van der Waals surface area (Å²) in [7, 11) is 0. The molecule has 0 atom stereocenters. The van der Waals surface area contributed by atoms with Gasteiger partial charge in [0.05, 0.1) is 0 Å². The first kappa shape index (κ1) is 15.3. The van der Waals surface area contributed by atoms with Crippen molar-refractivity contribution in [1.29, 1.82) is 0 Å². The molecule has 0 aliphatic carbocycles. The lowest BCUT2D eigenvalue weighted by molar-refractivity contribution is 0.161. The van der Waals surface area contributed by atoms with Crippen molar-refractivity contribution in [2.45, 2.75) is 45.3 Å². The van der Waals surface area contributed by atoms with Gasteiger partial charge in [-0.1, -0.05) is 0 Å². The van der Waals surface area contributed by atoms with E-state index >= 15 is 0 Å². The lowest BCUT2D eigenvalue weighted by Crippen LogP contribution is -2.44. The van der Waals surface area contributed by atoms with E-state index in [-0.39, 0.29) is 0 Å². The van der Waals surface area contributed by atoms with Crippen molar-refractivity contribution >= 4 is 0 Å². The minimum absolute atomic E-state index is 0.348. The molecule has 0 bridgehead atoms. The van der Waals surface area contributed by atoms with Gasteiger partial charge in [0.2, 0.25) is 0 Å². The summed E-state index contributed by atoms with van der Waals surface area (Å²) < 4.78 is 39.0. The number of hydrogen-bond acceptors (Lipinski definition) is 2. The van der Waals surface area contributed by atoms with Gasteiger partial charge in [-0.3, -0.25) is 0 Å². The van der Waals surface area contributed by atoms with Crippen molar-refractivity contribution in [3.63, 3.8) is 0 Å². The van der Waals surface area contributed by atoms with Gasteiger partial charge in [0.1, 0.15) is 0 Å². The molecule has 112 valence electrons. The summed E-state index contributed by atoms with van der Waals surface area (Å²) in [6.07, 6.45) is 2.04. The van der Waals surface area contributed by atoms with Gasteiger partial charge in [-0.05, 0) is 57.5 Å². The second kappa shape index (κ2) is 6.59. The minimum Gasteiger partial charge on any atom is -0.310 e. The first-order chi connectivity index (χ1) is 9.47. The van der Waals surface area contributed by atoms with E-state index in [0.717, 1.165) is 38.1 Å². The van der Waals surface area contributed by atoms with Gasteiger partial charge in [-0.2, -0.15) is 0 Å². The van der Waals surface area contributed by atoms with Gasteiger partial charge >= 0.3 is 0 Å². The molecule has 5 heteroatoms. The average molecular weight is 286 g/mol. The SMILES string of the molecule is CC(C)N1CCC(NCc2cc(F)c(F)c(F)c2)CC1. The second-order valence-electron chi connectivity index (χ2n) is 5.66. The maximum Gasteiger partial charge on any atom is 0.194 e. The molecule has 1 N–H and O–H groups in total. The first-order valence-electron chi connectivity index (χ1n) is 7.08. The molecular weight excluding hydrogens is 265 g/mol. The summed E-state index contributed by atoms with van der Waals surface area (Å²) in [6.45, 7) is 6.78. The zero-order valence-corrected chi connectivity index (χ0v) is 11.9. The van der Waals surface area contributed by atoms with E-state index in [1.54, 1.807) is 0 Å². The summed E-state index contributed by atoms with van der Waals surface area (Å²) in [5.41, 5.74) is 0.438. The summed E-state index contributed by atoms with van der Waals surface area (Å²) in [6, 6.07) is 3.00. The molecule has 0 spiro atoms. The summed E-state index contributed by atoms with van der Waals surface area (Å²) in [5.74, 6) is -3.66. The molecule has 0 saturated carbocycles. The third-order valence-corrected chi connectivity index (χ3v) is 3.90. The van der Waals surface area contributed by atoms with Crippen molar-refractivity contribution in [1.82, 2.24) is 10.2 Å². The largest absolute Gasteiger partial charge is 0.310 e. The van der Waals surface area contributed by atoms with Crippen LogP contribution >= 0.6 is 0 Å². The van der Waals surface area contributed by atoms with E-state index in [4.69, 9.17) is 0 Å². The lowest BCUT2D eigenvalue weighted by atomic mass is 10.0. The maximum atomic E-state index is 13.1. The van der Waals surface area contributed by atoms with Crippen LogP contribution in [0.5, 0.6) is 0 Å². The van der Waals surface area contributed by atoms with E-state index in [0.29, 0.717) is 24.2 Å². The van der Waals surface area contributed by atoms with Crippen molar-refractivity contribution < 1.29 is 13.2 Å². The van der Waals surface area contributed by atoms with Gasteiger partial charge in [-0.15, -0.1) is 0 Å². The van der Waals surface area contributed by atoms with Crippen LogP contribution in [-0.2, 0) is 6.54 Å². The maximum absolute atomic E-state index is 13.1. The number of nitrogens with zero attached hydrogens (tertiary/aromatic N) is 1. The highest BCUT2D eigenvalue weighted by atomic mass is 19.2. The van der Waals surface area contributed by atoms with Gasteiger partial charge in [0.25, 0.3) is 0 Å². The molecule has 0 amide bonds. The molecule has 1 aromatic carbocycles. The molecule has 20 heavy (non-hydrogen) atoms. The van der Waals surface area contributed by atoms with Crippen molar-refractivity contribution in [3.8, 4) is 0 Å². The zero-order chi connectivity index (χ0) is 14.7. The molecular formula is C15H21F3N2. The molecule has 0 unspecified atom stereocenters. The highest BCUT2D eigenvalue weighted by molar-refractivity contribution is 5.19. The van der Waals surface area contributed by atoms with Crippen LogP contribution in [0.2, 0.25) is 0 Å². The Kier molecular flexibility index (Phi) is 5.05. The van der Waals surface area contributed by atoms with E-state index < -0.39 is 17.5 Å². The Balaban J connectivity index is 1.85.